The predicted octanol–water partition coefficient (Wildman–Crippen LogP) is 5.25. The fraction of sp³-hybridized carbons (Fsp3) is 0.600. The summed E-state index contributed by atoms with van der Waals surface area (Å²) in [5, 5.41) is 0. The van der Waals surface area contributed by atoms with Gasteiger partial charge < -0.3 is 4.57 Å². The summed E-state index contributed by atoms with van der Waals surface area (Å²) in [6.07, 6.45) is 8.50. The van der Waals surface area contributed by atoms with E-state index in [0.29, 0.717) is 0 Å². The van der Waals surface area contributed by atoms with Crippen LogP contribution in [0.15, 0.2) is 34.9 Å². The molecule has 0 N–H and O–H groups in total. The summed E-state index contributed by atoms with van der Waals surface area (Å²) in [5.41, 5.74) is 3.75. The van der Waals surface area contributed by atoms with E-state index in [1.165, 1.54) is 16.7 Å². The lowest BCUT2D eigenvalue weighted by molar-refractivity contribution is 0.580. The highest BCUT2D eigenvalue weighted by atomic mass is 31.2. The van der Waals surface area contributed by atoms with E-state index in [2.05, 4.69) is 59.8 Å². The first kappa shape index (κ1) is 16.4. The van der Waals surface area contributed by atoms with Crippen molar-refractivity contribution in [2.45, 2.75) is 41.5 Å². The molecule has 0 atom stereocenters. The van der Waals surface area contributed by atoms with E-state index in [0.717, 1.165) is 18.5 Å². The molecule has 0 fully saturated rings. The lowest BCUT2D eigenvalue weighted by atomic mass is 10.3. The molecule has 2 heteroatoms. The first-order chi connectivity index (χ1) is 7.75. The van der Waals surface area contributed by atoms with Gasteiger partial charge in [-0.25, -0.2) is 0 Å². The van der Waals surface area contributed by atoms with E-state index >= 15 is 0 Å². The molecule has 0 spiro atoms. The van der Waals surface area contributed by atoms with Gasteiger partial charge in [-0.3, -0.25) is 0 Å². The third-order valence-electron chi connectivity index (χ3n) is 2.50. The predicted molar refractivity (Wildman–Crippen MR) is 80.5 cm³/mol. The van der Waals surface area contributed by atoms with E-state index in [9.17, 15) is 4.57 Å². The Balaban J connectivity index is 4.81. The average molecular weight is 254 g/mol. The van der Waals surface area contributed by atoms with Crippen LogP contribution in [0, 0.1) is 0 Å². The van der Waals surface area contributed by atoms with Gasteiger partial charge in [-0.1, -0.05) is 34.9 Å². The first-order valence-corrected chi connectivity index (χ1v) is 8.48. The molecule has 1 nitrogen and oxygen atoms in total. The molecule has 98 valence electrons. The zero-order valence-corrected chi connectivity index (χ0v) is 13.1. The second-order valence-corrected chi connectivity index (χ2v) is 8.66. The van der Waals surface area contributed by atoms with Crippen LogP contribution < -0.4 is 0 Å². The fourth-order valence-electron chi connectivity index (χ4n) is 1.27. The van der Waals surface area contributed by atoms with Crippen LogP contribution in [0.4, 0.5) is 0 Å². The molecule has 0 aliphatic heterocycles. The minimum atomic E-state index is -2.11. The Morgan fingerprint density at radius 3 is 1.12 bits per heavy atom. The van der Waals surface area contributed by atoms with E-state index in [1.807, 2.05) is 0 Å². The van der Waals surface area contributed by atoms with Crippen molar-refractivity contribution in [2.24, 2.45) is 0 Å². The molecule has 0 saturated heterocycles. The Morgan fingerprint density at radius 1 is 0.706 bits per heavy atom. The molecule has 0 aliphatic carbocycles. The first-order valence-electron chi connectivity index (χ1n) is 6.22. The monoisotopic (exact) mass is 254 g/mol. The largest absolute Gasteiger partial charge is 0.323 e. The summed E-state index contributed by atoms with van der Waals surface area (Å²) in [6, 6.07) is 0. The molecule has 0 unspecified atom stereocenters. The van der Waals surface area contributed by atoms with Crippen LogP contribution in [0.5, 0.6) is 0 Å². The van der Waals surface area contributed by atoms with Crippen molar-refractivity contribution in [1.82, 2.24) is 0 Å². The SMILES string of the molecule is CC(C)=CCP(=O)(CC=C(C)C)CC=C(C)C. The number of hydrogen-bond acceptors (Lipinski definition) is 1. The molecule has 0 heterocycles. The fourth-order valence-corrected chi connectivity index (χ4v) is 3.81. The molecule has 17 heavy (non-hydrogen) atoms. The summed E-state index contributed by atoms with van der Waals surface area (Å²) in [7, 11) is -2.11. The standard InChI is InChI=1S/C15H27OP/c1-13(2)7-10-17(16,11-8-14(3)4)12-9-15(5)6/h7-9H,10-12H2,1-6H3. The van der Waals surface area contributed by atoms with Crippen LogP contribution in [-0.4, -0.2) is 18.5 Å². The van der Waals surface area contributed by atoms with Crippen molar-refractivity contribution in [1.29, 1.82) is 0 Å². The maximum atomic E-state index is 12.8. The summed E-state index contributed by atoms with van der Waals surface area (Å²) < 4.78 is 12.8. The summed E-state index contributed by atoms with van der Waals surface area (Å²) >= 11 is 0. The molecule has 0 aromatic heterocycles. The number of hydrogen-bond donors (Lipinski definition) is 0. The van der Waals surface area contributed by atoms with Gasteiger partial charge in [0.05, 0.1) is 7.14 Å². The molecule has 0 saturated carbocycles. The Bertz CT molecular complexity index is 303. The van der Waals surface area contributed by atoms with Crippen LogP contribution in [-0.2, 0) is 4.57 Å². The molecular formula is C15H27OP. The van der Waals surface area contributed by atoms with Crippen LogP contribution in [0.3, 0.4) is 0 Å². The number of rotatable bonds is 6. The zero-order chi connectivity index (χ0) is 13.5. The molecule has 0 amide bonds. The van der Waals surface area contributed by atoms with Crippen molar-refractivity contribution < 1.29 is 4.57 Å². The van der Waals surface area contributed by atoms with Crippen LogP contribution in [0.1, 0.15) is 41.5 Å². The highest BCUT2D eigenvalue weighted by Crippen LogP contribution is 2.46. The van der Waals surface area contributed by atoms with E-state index in [4.69, 9.17) is 0 Å². The smallest absolute Gasteiger partial charge is 0.0984 e. The third kappa shape index (κ3) is 9.18. The summed E-state index contributed by atoms with van der Waals surface area (Å²) in [4.78, 5) is 0. The van der Waals surface area contributed by atoms with Gasteiger partial charge in [0, 0.05) is 18.5 Å². The summed E-state index contributed by atoms with van der Waals surface area (Å²) in [5.74, 6) is 0. The molecule has 0 radical (unpaired) electrons. The van der Waals surface area contributed by atoms with Gasteiger partial charge in [0.15, 0.2) is 0 Å². The van der Waals surface area contributed by atoms with Crippen molar-refractivity contribution >= 4 is 7.14 Å². The maximum absolute atomic E-state index is 12.8. The topological polar surface area (TPSA) is 17.1 Å². The van der Waals surface area contributed by atoms with Crippen molar-refractivity contribution in [3.05, 3.63) is 34.9 Å². The molecular weight excluding hydrogens is 227 g/mol. The van der Waals surface area contributed by atoms with Gasteiger partial charge in [-0.2, -0.15) is 0 Å². The van der Waals surface area contributed by atoms with E-state index in [-0.39, 0.29) is 0 Å². The second kappa shape index (κ2) is 7.71. The number of allylic oxidation sites excluding steroid dienone is 6. The van der Waals surface area contributed by atoms with Crippen molar-refractivity contribution in [3.63, 3.8) is 0 Å². The molecule has 0 aliphatic rings. The average Bonchev–Trinajstić information content (AvgIpc) is 2.21. The van der Waals surface area contributed by atoms with Gasteiger partial charge in [-0.15, -0.1) is 0 Å². The normalized spacial score (nSPS) is 10.7. The van der Waals surface area contributed by atoms with Crippen molar-refractivity contribution in [3.8, 4) is 0 Å². The Hall–Kier alpha value is -0.550. The van der Waals surface area contributed by atoms with Crippen LogP contribution >= 0.6 is 7.14 Å². The molecule has 0 rings (SSSR count). The van der Waals surface area contributed by atoms with Gasteiger partial charge in [0.25, 0.3) is 0 Å². The van der Waals surface area contributed by atoms with E-state index in [1.54, 1.807) is 0 Å². The van der Waals surface area contributed by atoms with E-state index < -0.39 is 7.14 Å². The quantitative estimate of drug-likeness (QED) is 0.467. The van der Waals surface area contributed by atoms with Crippen molar-refractivity contribution in [2.75, 3.05) is 18.5 Å². The highest BCUT2D eigenvalue weighted by Gasteiger charge is 2.17. The lowest BCUT2D eigenvalue weighted by Gasteiger charge is -2.13. The van der Waals surface area contributed by atoms with Gasteiger partial charge in [0.2, 0.25) is 0 Å². The van der Waals surface area contributed by atoms with Gasteiger partial charge in [-0.05, 0) is 41.5 Å². The minimum absolute atomic E-state index is 0.725. The Kier molecular flexibility index (Phi) is 7.46. The Labute approximate surface area is 107 Å². The third-order valence-corrected chi connectivity index (χ3v) is 5.04. The van der Waals surface area contributed by atoms with Gasteiger partial charge in [0.1, 0.15) is 0 Å². The minimum Gasteiger partial charge on any atom is -0.323 e. The molecule has 0 aromatic carbocycles. The molecule has 0 bridgehead atoms. The Morgan fingerprint density at radius 2 is 0.941 bits per heavy atom. The lowest BCUT2D eigenvalue weighted by Crippen LogP contribution is -1.97. The van der Waals surface area contributed by atoms with Crippen LogP contribution in [0.2, 0.25) is 0 Å². The second-order valence-electron chi connectivity index (χ2n) is 5.45. The summed E-state index contributed by atoms with van der Waals surface area (Å²) in [6.45, 7) is 12.4. The maximum Gasteiger partial charge on any atom is 0.0984 e. The van der Waals surface area contributed by atoms with Gasteiger partial charge >= 0.3 is 0 Å². The highest BCUT2D eigenvalue weighted by molar-refractivity contribution is 7.64. The molecule has 0 aromatic rings. The van der Waals surface area contributed by atoms with Crippen LogP contribution in [0.25, 0.3) is 0 Å². The zero-order valence-electron chi connectivity index (χ0n) is 12.2.